The van der Waals surface area contributed by atoms with E-state index >= 15 is 0 Å². The molecule has 0 aromatic rings. The van der Waals surface area contributed by atoms with Crippen LogP contribution in [0.2, 0.25) is 0 Å². The zero-order valence-corrected chi connectivity index (χ0v) is 12.8. The van der Waals surface area contributed by atoms with Crippen LogP contribution in [-0.2, 0) is 19.6 Å². The molecule has 0 bridgehead atoms. The molecule has 0 saturated carbocycles. The lowest BCUT2D eigenvalue weighted by atomic mass is 10.0. The summed E-state index contributed by atoms with van der Waals surface area (Å²) >= 11 is 0. The maximum absolute atomic E-state index is 12.3. The van der Waals surface area contributed by atoms with E-state index in [-0.39, 0.29) is 18.4 Å². The van der Waals surface area contributed by atoms with Gasteiger partial charge in [-0.05, 0) is 18.8 Å². The summed E-state index contributed by atoms with van der Waals surface area (Å²) < 4.78 is 25.0. The van der Waals surface area contributed by atoms with Gasteiger partial charge in [-0.1, -0.05) is 13.8 Å². The highest BCUT2D eigenvalue weighted by Gasteiger charge is 2.35. The molecule has 1 saturated heterocycles. The summed E-state index contributed by atoms with van der Waals surface area (Å²) in [5.74, 6) is -1.67. The first-order valence-corrected chi connectivity index (χ1v) is 8.48. The van der Waals surface area contributed by atoms with Gasteiger partial charge in [-0.3, -0.25) is 9.59 Å². The van der Waals surface area contributed by atoms with Crippen molar-refractivity contribution in [1.29, 1.82) is 0 Å². The Bertz CT molecular complexity index is 474. The van der Waals surface area contributed by atoms with E-state index < -0.39 is 28.0 Å². The Morgan fingerprint density at radius 2 is 2.00 bits per heavy atom. The molecule has 1 aliphatic rings. The second-order valence-corrected chi connectivity index (χ2v) is 7.46. The second kappa shape index (κ2) is 6.53. The molecule has 2 unspecified atom stereocenters. The van der Waals surface area contributed by atoms with Crippen molar-refractivity contribution in [3.8, 4) is 0 Å². The number of sulfonamides is 1. The van der Waals surface area contributed by atoms with Crippen LogP contribution >= 0.6 is 0 Å². The first-order valence-electron chi connectivity index (χ1n) is 6.59. The molecule has 2 atom stereocenters. The van der Waals surface area contributed by atoms with Crippen molar-refractivity contribution in [2.45, 2.75) is 32.7 Å². The molecule has 0 spiro atoms. The quantitative estimate of drug-likeness (QED) is 0.712. The highest BCUT2D eigenvalue weighted by Crippen LogP contribution is 2.19. The standard InChI is InChI=1S/C12H22N2O5S/c1-8(2)6-10(13-20(3,18)19)11(15)14-5-4-9(7-14)12(16)17/h8-10,13H,4-7H2,1-3H3,(H,16,17). The Morgan fingerprint density at radius 3 is 2.40 bits per heavy atom. The summed E-state index contributed by atoms with van der Waals surface area (Å²) in [7, 11) is -3.49. The number of carbonyl (C=O) groups is 2. The third kappa shape index (κ3) is 5.09. The minimum atomic E-state index is -3.49. The van der Waals surface area contributed by atoms with Crippen LogP contribution in [0.4, 0.5) is 0 Å². The fraction of sp³-hybridized carbons (Fsp3) is 0.833. The molecule has 116 valence electrons. The van der Waals surface area contributed by atoms with E-state index in [1.54, 1.807) is 0 Å². The van der Waals surface area contributed by atoms with Gasteiger partial charge in [-0.15, -0.1) is 0 Å². The first kappa shape index (κ1) is 16.9. The minimum absolute atomic E-state index is 0.147. The highest BCUT2D eigenvalue weighted by atomic mass is 32.2. The largest absolute Gasteiger partial charge is 0.481 e. The van der Waals surface area contributed by atoms with Crippen LogP contribution in [-0.4, -0.2) is 55.7 Å². The molecule has 1 amide bonds. The van der Waals surface area contributed by atoms with E-state index in [0.29, 0.717) is 19.4 Å². The van der Waals surface area contributed by atoms with Gasteiger partial charge in [0.2, 0.25) is 15.9 Å². The molecular formula is C12H22N2O5S. The zero-order chi connectivity index (χ0) is 15.5. The molecule has 0 radical (unpaired) electrons. The molecular weight excluding hydrogens is 284 g/mol. The number of amides is 1. The molecule has 1 fully saturated rings. The molecule has 8 heteroatoms. The summed E-state index contributed by atoms with van der Waals surface area (Å²) in [6.45, 7) is 4.30. The van der Waals surface area contributed by atoms with Gasteiger partial charge in [0.25, 0.3) is 0 Å². The van der Waals surface area contributed by atoms with Crippen molar-refractivity contribution in [1.82, 2.24) is 9.62 Å². The third-order valence-corrected chi connectivity index (χ3v) is 3.92. The Labute approximate surface area is 119 Å². The molecule has 0 aliphatic carbocycles. The van der Waals surface area contributed by atoms with Gasteiger partial charge in [0.15, 0.2) is 0 Å². The van der Waals surface area contributed by atoms with Crippen LogP contribution < -0.4 is 4.72 Å². The molecule has 1 aliphatic heterocycles. The van der Waals surface area contributed by atoms with Crippen LogP contribution in [0.15, 0.2) is 0 Å². The molecule has 20 heavy (non-hydrogen) atoms. The van der Waals surface area contributed by atoms with Gasteiger partial charge >= 0.3 is 5.97 Å². The molecule has 0 aromatic heterocycles. The minimum Gasteiger partial charge on any atom is -0.481 e. The van der Waals surface area contributed by atoms with Gasteiger partial charge in [0, 0.05) is 13.1 Å². The fourth-order valence-corrected chi connectivity index (χ4v) is 3.03. The van der Waals surface area contributed by atoms with Crippen LogP contribution in [0, 0.1) is 11.8 Å². The van der Waals surface area contributed by atoms with E-state index in [9.17, 15) is 18.0 Å². The van der Waals surface area contributed by atoms with E-state index in [1.807, 2.05) is 13.8 Å². The Hall–Kier alpha value is -1.15. The Balaban J connectivity index is 2.76. The maximum Gasteiger partial charge on any atom is 0.308 e. The molecule has 7 nitrogen and oxygen atoms in total. The fourth-order valence-electron chi connectivity index (χ4n) is 2.31. The van der Waals surface area contributed by atoms with Gasteiger partial charge < -0.3 is 10.0 Å². The Kier molecular flexibility index (Phi) is 5.52. The molecule has 0 aromatic carbocycles. The number of hydrogen-bond acceptors (Lipinski definition) is 4. The topological polar surface area (TPSA) is 104 Å². The third-order valence-electron chi connectivity index (χ3n) is 3.21. The summed E-state index contributed by atoms with van der Waals surface area (Å²) in [5.41, 5.74) is 0. The number of likely N-dealkylation sites (tertiary alicyclic amines) is 1. The number of aliphatic carboxylic acids is 1. The lowest BCUT2D eigenvalue weighted by molar-refractivity contribution is -0.141. The number of rotatable bonds is 6. The van der Waals surface area contributed by atoms with Crippen molar-refractivity contribution >= 4 is 21.9 Å². The van der Waals surface area contributed by atoms with Crippen molar-refractivity contribution in [2.24, 2.45) is 11.8 Å². The first-order chi connectivity index (χ1) is 9.10. The number of hydrogen-bond donors (Lipinski definition) is 2. The summed E-state index contributed by atoms with van der Waals surface area (Å²) in [4.78, 5) is 24.7. The van der Waals surface area contributed by atoms with E-state index in [4.69, 9.17) is 5.11 Å². The number of carboxylic acids is 1. The van der Waals surface area contributed by atoms with Crippen molar-refractivity contribution in [3.05, 3.63) is 0 Å². The SMILES string of the molecule is CC(C)CC(NS(C)(=O)=O)C(=O)N1CCC(C(=O)O)C1. The number of carboxylic acid groups (broad SMARTS) is 1. The predicted octanol–water partition coefficient (Wildman–Crippen LogP) is -0.117. The molecule has 1 heterocycles. The Morgan fingerprint density at radius 1 is 1.40 bits per heavy atom. The van der Waals surface area contributed by atoms with Crippen LogP contribution in [0.3, 0.4) is 0 Å². The van der Waals surface area contributed by atoms with Crippen molar-refractivity contribution < 1.29 is 23.1 Å². The smallest absolute Gasteiger partial charge is 0.308 e. The van der Waals surface area contributed by atoms with E-state index in [0.717, 1.165) is 6.26 Å². The van der Waals surface area contributed by atoms with E-state index in [2.05, 4.69) is 4.72 Å². The van der Waals surface area contributed by atoms with E-state index in [1.165, 1.54) is 4.90 Å². The number of nitrogens with one attached hydrogen (secondary N) is 1. The zero-order valence-electron chi connectivity index (χ0n) is 12.0. The van der Waals surface area contributed by atoms with Crippen LogP contribution in [0.25, 0.3) is 0 Å². The summed E-state index contributed by atoms with van der Waals surface area (Å²) in [6.07, 6.45) is 1.81. The highest BCUT2D eigenvalue weighted by molar-refractivity contribution is 7.88. The second-order valence-electron chi connectivity index (χ2n) is 5.68. The molecule has 1 rings (SSSR count). The van der Waals surface area contributed by atoms with Gasteiger partial charge in [0.05, 0.1) is 12.2 Å². The number of nitrogens with zero attached hydrogens (tertiary/aromatic N) is 1. The number of carbonyl (C=O) groups excluding carboxylic acids is 1. The lowest BCUT2D eigenvalue weighted by Gasteiger charge is -2.24. The summed E-state index contributed by atoms with van der Waals surface area (Å²) in [5, 5.41) is 8.93. The predicted molar refractivity (Wildman–Crippen MR) is 73.5 cm³/mol. The summed E-state index contributed by atoms with van der Waals surface area (Å²) in [6, 6.07) is -0.822. The maximum atomic E-state index is 12.3. The monoisotopic (exact) mass is 306 g/mol. The average molecular weight is 306 g/mol. The molecule has 2 N–H and O–H groups in total. The van der Waals surface area contributed by atoms with Gasteiger partial charge in [0.1, 0.15) is 6.04 Å². The van der Waals surface area contributed by atoms with Crippen molar-refractivity contribution in [2.75, 3.05) is 19.3 Å². The van der Waals surface area contributed by atoms with Crippen LogP contribution in [0.1, 0.15) is 26.7 Å². The lowest BCUT2D eigenvalue weighted by Crippen LogP contribution is -2.48. The van der Waals surface area contributed by atoms with Gasteiger partial charge in [-0.2, -0.15) is 0 Å². The van der Waals surface area contributed by atoms with Gasteiger partial charge in [-0.25, -0.2) is 13.1 Å². The van der Waals surface area contributed by atoms with Crippen LogP contribution in [0.5, 0.6) is 0 Å². The van der Waals surface area contributed by atoms with Crippen molar-refractivity contribution in [3.63, 3.8) is 0 Å². The average Bonchev–Trinajstić information content (AvgIpc) is 2.73. The normalized spacial score (nSPS) is 21.2.